The van der Waals surface area contributed by atoms with E-state index in [-0.39, 0.29) is 21.9 Å². The number of nitrogens with zero attached hydrogens (tertiary/aromatic N) is 1. The highest BCUT2D eigenvalue weighted by molar-refractivity contribution is 8.93. The maximum atomic E-state index is 11.2. The number of aromatic amines is 1. The Balaban J connectivity index is 0.00000108. The van der Waals surface area contributed by atoms with Crippen LogP contribution in [0, 0.1) is 0 Å². The summed E-state index contributed by atoms with van der Waals surface area (Å²) in [5, 5.41) is 3.33. The number of hydrogen-bond donors (Lipinski definition) is 2. The number of H-pyrrole nitrogens is 1. The molecule has 17 heavy (non-hydrogen) atoms. The van der Waals surface area contributed by atoms with Crippen LogP contribution in [-0.4, -0.2) is 31.2 Å². The highest BCUT2D eigenvalue weighted by atomic mass is 79.9. The fourth-order valence-corrected chi connectivity index (χ4v) is 2.82. The predicted molar refractivity (Wildman–Crippen MR) is 77.9 cm³/mol. The van der Waals surface area contributed by atoms with Crippen LogP contribution in [0.25, 0.3) is 10.2 Å². The normalized spacial score (nSPS) is 15.9. The van der Waals surface area contributed by atoms with Gasteiger partial charge in [0.1, 0.15) is 0 Å². The average molecular weight is 316 g/mol. The van der Waals surface area contributed by atoms with Crippen molar-refractivity contribution in [2.75, 3.05) is 31.1 Å². The Labute approximate surface area is 113 Å². The number of benzene rings is 1. The standard InChI is InChI=1S/C11H13N3OS.BrH/c15-11-13-9-2-1-8(7-10(9)16-11)14-5-3-12-4-6-14;/h1-2,7,12H,3-6H2,(H,13,15);1H. The molecular weight excluding hydrogens is 302 g/mol. The topological polar surface area (TPSA) is 48.1 Å². The molecule has 1 aliphatic rings. The lowest BCUT2D eigenvalue weighted by Gasteiger charge is -2.29. The maximum Gasteiger partial charge on any atom is 0.305 e. The van der Waals surface area contributed by atoms with E-state index in [1.165, 1.54) is 17.0 Å². The van der Waals surface area contributed by atoms with Crippen LogP contribution in [0.4, 0.5) is 5.69 Å². The number of anilines is 1. The van der Waals surface area contributed by atoms with Gasteiger partial charge in [-0.3, -0.25) is 4.79 Å². The molecule has 2 aromatic rings. The van der Waals surface area contributed by atoms with Gasteiger partial charge >= 0.3 is 4.87 Å². The zero-order valence-electron chi connectivity index (χ0n) is 9.23. The summed E-state index contributed by atoms with van der Waals surface area (Å²) in [6, 6.07) is 6.17. The van der Waals surface area contributed by atoms with Gasteiger partial charge in [0.05, 0.1) is 10.2 Å². The second kappa shape index (κ2) is 5.20. The molecule has 0 unspecified atom stereocenters. The van der Waals surface area contributed by atoms with E-state index in [4.69, 9.17) is 0 Å². The van der Waals surface area contributed by atoms with Crippen LogP contribution in [0.5, 0.6) is 0 Å². The summed E-state index contributed by atoms with van der Waals surface area (Å²) in [6.07, 6.45) is 0. The van der Waals surface area contributed by atoms with Gasteiger partial charge in [0.2, 0.25) is 0 Å². The number of nitrogens with one attached hydrogen (secondary N) is 2. The van der Waals surface area contributed by atoms with Gasteiger partial charge in [0.25, 0.3) is 0 Å². The molecule has 2 heterocycles. The Morgan fingerprint density at radius 2 is 2.00 bits per heavy atom. The smallest absolute Gasteiger partial charge is 0.305 e. The van der Waals surface area contributed by atoms with E-state index in [1.807, 2.05) is 6.07 Å². The monoisotopic (exact) mass is 315 g/mol. The number of aromatic nitrogens is 1. The Bertz CT molecular complexity index is 559. The molecule has 1 saturated heterocycles. The van der Waals surface area contributed by atoms with Crippen LogP contribution in [0.15, 0.2) is 23.0 Å². The molecule has 1 aromatic carbocycles. The van der Waals surface area contributed by atoms with Gasteiger partial charge < -0.3 is 15.2 Å². The number of rotatable bonds is 1. The molecular formula is C11H14BrN3OS. The van der Waals surface area contributed by atoms with Crippen LogP contribution in [0.2, 0.25) is 0 Å². The number of thiazole rings is 1. The van der Waals surface area contributed by atoms with Crippen molar-refractivity contribution in [2.45, 2.75) is 0 Å². The van der Waals surface area contributed by atoms with E-state index in [0.717, 1.165) is 36.4 Å². The van der Waals surface area contributed by atoms with Crippen molar-refractivity contribution in [1.29, 1.82) is 0 Å². The molecule has 4 nitrogen and oxygen atoms in total. The molecule has 1 aliphatic heterocycles. The Kier molecular flexibility index (Phi) is 3.86. The molecule has 92 valence electrons. The first-order chi connectivity index (χ1) is 7.83. The molecule has 2 N–H and O–H groups in total. The first-order valence-corrected chi connectivity index (χ1v) is 6.23. The third-order valence-electron chi connectivity index (χ3n) is 2.89. The molecule has 0 spiro atoms. The van der Waals surface area contributed by atoms with Crippen LogP contribution in [0.3, 0.4) is 0 Å². The van der Waals surface area contributed by atoms with Gasteiger partial charge in [-0.05, 0) is 18.2 Å². The quantitative estimate of drug-likeness (QED) is 0.840. The second-order valence-corrected chi connectivity index (χ2v) is 4.95. The SMILES string of the molecule is Br.O=c1[nH]c2ccc(N3CCNCC3)cc2s1. The number of halogens is 1. The van der Waals surface area contributed by atoms with Gasteiger partial charge in [-0.2, -0.15) is 0 Å². The van der Waals surface area contributed by atoms with Gasteiger partial charge in [-0.15, -0.1) is 17.0 Å². The fourth-order valence-electron chi connectivity index (χ4n) is 2.05. The molecule has 3 rings (SSSR count). The number of piperazine rings is 1. The van der Waals surface area contributed by atoms with E-state index in [2.05, 4.69) is 27.3 Å². The summed E-state index contributed by atoms with van der Waals surface area (Å²) >= 11 is 1.28. The molecule has 0 saturated carbocycles. The average Bonchev–Trinajstić information content (AvgIpc) is 2.69. The largest absolute Gasteiger partial charge is 0.369 e. The number of hydrogen-bond acceptors (Lipinski definition) is 4. The van der Waals surface area contributed by atoms with Crippen molar-refractivity contribution in [3.05, 3.63) is 27.9 Å². The van der Waals surface area contributed by atoms with E-state index in [1.54, 1.807) is 0 Å². The first-order valence-electron chi connectivity index (χ1n) is 5.41. The molecule has 0 aliphatic carbocycles. The van der Waals surface area contributed by atoms with E-state index in [9.17, 15) is 4.79 Å². The lowest BCUT2D eigenvalue weighted by Crippen LogP contribution is -2.43. The highest BCUT2D eigenvalue weighted by Crippen LogP contribution is 2.22. The highest BCUT2D eigenvalue weighted by Gasteiger charge is 2.11. The zero-order chi connectivity index (χ0) is 11.0. The minimum atomic E-state index is 0. The minimum absolute atomic E-state index is 0. The van der Waals surface area contributed by atoms with Crippen molar-refractivity contribution < 1.29 is 0 Å². The second-order valence-electron chi connectivity index (χ2n) is 3.93. The maximum absolute atomic E-state index is 11.2. The van der Waals surface area contributed by atoms with Crippen LogP contribution < -0.4 is 15.1 Å². The molecule has 0 bridgehead atoms. The van der Waals surface area contributed by atoms with Crippen LogP contribution in [0.1, 0.15) is 0 Å². The summed E-state index contributed by atoms with van der Waals surface area (Å²) in [7, 11) is 0. The van der Waals surface area contributed by atoms with Crippen molar-refractivity contribution >= 4 is 44.2 Å². The minimum Gasteiger partial charge on any atom is -0.369 e. The first kappa shape index (κ1) is 12.6. The third-order valence-corrected chi connectivity index (χ3v) is 3.73. The molecule has 6 heteroatoms. The Hall–Kier alpha value is -0.850. The molecule has 1 fully saturated rings. The Morgan fingerprint density at radius 3 is 2.76 bits per heavy atom. The summed E-state index contributed by atoms with van der Waals surface area (Å²) < 4.78 is 1.04. The fraction of sp³-hybridized carbons (Fsp3) is 0.364. The lowest BCUT2D eigenvalue weighted by atomic mass is 10.2. The van der Waals surface area contributed by atoms with E-state index >= 15 is 0 Å². The molecule has 0 radical (unpaired) electrons. The van der Waals surface area contributed by atoms with Gasteiger partial charge in [-0.1, -0.05) is 11.3 Å². The molecule has 0 atom stereocenters. The zero-order valence-corrected chi connectivity index (χ0v) is 11.8. The Morgan fingerprint density at radius 1 is 1.24 bits per heavy atom. The summed E-state index contributed by atoms with van der Waals surface area (Å²) in [5.41, 5.74) is 2.15. The summed E-state index contributed by atoms with van der Waals surface area (Å²) in [6.45, 7) is 4.12. The van der Waals surface area contributed by atoms with Crippen molar-refractivity contribution in [2.24, 2.45) is 0 Å². The lowest BCUT2D eigenvalue weighted by molar-refractivity contribution is 0.589. The van der Waals surface area contributed by atoms with Crippen molar-refractivity contribution in [3.63, 3.8) is 0 Å². The van der Waals surface area contributed by atoms with Crippen molar-refractivity contribution in [1.82, 2.24) is 10.3 Å². The van der Waals surface area contributed by atoms with Crippen LogP contribution >= 0.6 is 28.3 Å². The molecule has 1 aromatic heterocycles. The van der Waals surface area contributed by atoms with Gasteiger partial charge in [-0.25, -0.2) is 0 Å². The summed E-state index contributed by atoms with van der Waals surface area (Å²) in [5.74, 6) is 0. The van der Waals surface area contributed by atoms with E-state index in [0.29, 0.717) is 0 Å². The van der Waals surface area contributed by atoms with Crippen molar-refractivity contribution in [3.8, 4) is 0 Å². The van der Waals surface area contributed by atoms with Gasteiger partial charge in [0, 0.05) is 31.9 Å². The molecule has 0 amide bonds. The van der Waals surface area contributed by atoms with Crippen LogP contribution in [-0.2, 0) is 0 Å². The third kappa shape index (κ3) is 2.53. The van der Waals surface area contributed by atoms with Gasteiger partial charge in [0.15, 0.2) is 0 Å². The number of fused-ring (bicyclic) bond motifs is 1. The summed E-state index contributed by atoms with van der Waals surface area (Å²) in [4.78, 5) is 16.4. The van der Waals surface area contributed by atoms with E-state index < -0.39 is 0 Å². The predicted octanol–water partition coefficient (Wildman–Crippen LogP) is 1.58.